The van der Waals surface area contributed by atoms with Crippen molar-refractivity contribution in [1.29, 1.82) is 0 Å². The van der Waals surface area contributed by atoms with Gasteiger partial charge in [0.25, 0.3) is 5.91 Å². The zero-order valence-electron chi connectivity index (χ0n) is 14.5. The standard InChI is InChI=1S/C15H20F3N3O4S/c1-20(2)26(24,25)12-6-4-5-11(9-12)14(23)19-10-13(22)21(3)8-7-15(16,17)18/h4-6,9H,7-8,10H2,1-3H3,(H,19,23). The fourth-order valence-electron chi connectivity index (χ4n) is 1.82. The van der Waals surface area contributed by atoms with Crippen molar-refractivity contribution in [3.63, 3.8) is 0 Å². The number of carbonyl (C=O) groups excluding carboxylic acids is 2. The van der Waals surface area contributed by atoms with Gasteiger partial charge in [-0.05, 0) is 18.2 Å². The van der Waals surface area contributed by atoms with Crippen molar-refractivity contribution < 1.29 is 31.2 Å². The van der Waals surface area contributed by atoms with E-state index in [1.165, 1.54) is 39.3 Å². The van der Waals surface area contributed by atoms with Gasteiger partial charge in [0.05, 0.1) is 17.9 Å². The molecule has 0 saturated carbocycles. The lowest BCUT2D eigenvalue weighted by molar-refractivity contribution is -0.143. The molecule has 0 aliphatic heterocycles. The lowest BCUT2D eigenvalue weighted by Gasteiger charge is -2.18. The maximum Gasteiger partial charge on any atom is 0.390 e. The summed E-state index contributed by atoms with van der Waals surface area (Å²) in [7, 11) is 0.161. The minimum absolute atomic E-state index is 0.0127. The van der Waals surface area contributed by atoms with Gasteiger partial charge in [-0.15, -0.1) is 0 Å². The monoisotopic (exact) mass is 395 g/mol. The van der Waals surface area contributed by atoms with E-state index in [4.69, 9.17) is 0 Å². The molecular formula is C15H20F3N3O4S. The predicted molar refractivity (Wildman–Crippen MR) is 88.0 cm³/mol. The summed E-state index contributed by atoms with van der Waals surface area (Å²) in [5.74, 6) is -1.40. The van der Waals surface area contributed by atoms with Gasteiger partial charge in [0.1, 0.15) is 0 Å². The third-order valence-electron chi connectivity index (χ3n) is 3.43. The lowest BCUT2D eigenvalue weighted by atomic mass is 10.2. The highest BCUT2D eigenvalue weighted by molar-refractivity contribution is 7.89. The number of hydrogen-bond donors (Lipinski definition) is 1. The zero-order valence-corrected chi connectivity index (χ0v) is 15.3. The average molecular weight is 395 g/mol. The summed E-state index contributed by atoms with van der Waals surface area (Å²) in [5.41, 5.74) is 0.0127. The quantitative estimate of drug-likeness (QED) is 0.749. The second kappa shape index (κ2) is 8.49. The molecule has 0 fully saturated rings. The van der Waals surface area contributed by atoms with Crippen LogP contribution in [0.25, 0.3) is 0 Å². The van der Waals surface area contributed by atoms with Crippen LogP contribution < -0.4 is 5.32 Å². The number of amides is 2. The Bertz CT molecular complexity index is 764. The normalized spacial score (nSPS) is 12.1. The molecule has 1 rings (SSSR count). The smallest absolute Gasteiger partial charge is 0.344 e. The van der Waals surface area contributed by atoms with E-state index in [2.05, 4.69) is 5.32 Å². The molecule has 0 radical (unpaired) electrons. The van der Waals surface area contributed by atoms with Crippen molar-refractivity contribution in [3.05, 3.63) is 29.8 Å². The van der Waals surface area contributed by atoms with Crippen molar-refractivity contribution in [3.8, 4) is 0 Å². The highest BCUT2D eigenvalue weighted by Crippen LogP contribution is 2.19. The molecular weight excluding hydrogens is 375 g/mol. The molecule has 2 amide bonds. The van der Waals surface area contributed by atoms with Gasteiger partial charge < -0.3 is 10.2 Å². The van der Waals surface area contributed by atoms with Gasteiger partial charge in [-0.3, -0.25) is 9.59 Å². The number of sulfonamides is 1. The zero-order chi connectivity index (χ0) is 20.1. The van der Waals surface area contributed by atoms with E-state index in [9.17, 15) is 31.2 Å². The molecule has 0 spiro atoms. The van der Waals surface area contributed by atoms with Crippen LogP contribution in [0.2, 0.25) is 0 Å². The van der Waals surface area contributed by atoms with Crippen LogP contribution in [0.3, 0.4) is 0 Å². The Morgan fingerprint density at radius 2 is 1.77 bits per heavy atom. The number of nitrogens with one attached hydrogen (secondary N) is 1. The van der Waals surface area contributed by atoms with E-state index in [0.29, 0.717) is 0 Å². The van der Waals surface area contributed by atoms with E-state index in [1.54, 1.807) is 0 Å². The summed E-state index contributed by atoms with van der Waals surface area (Å²) in [5, 5.41) is 2.26. The Balaban J connectivity index is 2.70. The van der Waals surface area contributed by atoms with Crippen LogP contribution in [0.15, 0.2) is 29.2 Å². The van der Waals surface area contributed by atoms with E-state index in [1.807, 2.05) is 0 Å². The van der Waals surface area contributed by atoms with Crippen LogP contribution in [-0.4, -0.2) is 69.8 Å². The second-order valence-electron chi connectivity index (χ2n) is 5.68. The Morgan fingerprint density at radius 1 is 1.15 bits per heavy atom. The minimum Gasteiger partial charge on any atom is -0.344 e. The summed E-state index contributed by atoms with van der Waals surface area (Å²) in [6, 6.07) is 5.22. The summed E-state index contributed by atoms with van der Waals surface area (Å²) in [6.45, 7) is -1.02. The first-order valence-electron chi connectivity index (χ1n) is 7.46. The molecule has 0 bridgehead atoms. The first kappa shape index (κ1) is 21.9. The molecule has 146 valence electrons. The number of hydrogen-bond acceptors (Lipinski definition) is 4. The van der Waals surface area contributed by atoms with Crippen LogP contribution in [0.4, 0.5) is 13.2 Å². The fourth-order valence-corrected chi connectivity index (χ4v) is 2.77. The summed E-state index contributed by atoms with van der Waals surface area (Å²) < 4.78 is 61.5. The topological polar surface area (TPSA) is 86.8 Å². The van der Waals surface area contributed by atoms with Gasteiger partial charge >= 0.3 is 6.18 Å². The Hall–Kier alpha value is -2.14. The number of benzene rings is 1. The van der Waals surface area contributed by atoms with Gasteiger partial charge in [0, 0.05) is 33.3 Å². The van der Waals surface area contributed by atoms with Gasteiger partial charge in [0.2, 0.25) is 15.9 Å². The van der Waals surface area contributed by atoms with E-state index < -0.39 is 47.5 Å². The average Bonchev–Trinajstić information content (AvgIpc) is 2.56. The number of alkyl halides is 3. The highest BCUT2D eigenvalue weighted by Gasteiger charge is 2.28. The second-order valence-corrected chi connectivity index (χ2v) is 7.83. The van der Waals surface area contributed by atoms with Crippen molar-refractivity contribution >= 4 is 21.8 Å². The molecule has 0 saturated heterocycles. The third kappa shape index (κ3) is 6.30. The maximum atomic E-state index is 12.1. The fraction of sp³-hybridized carbons (Fsp3) is 0.467. The molecule has 0 aliphatic carbocycles. The van der Waals surface area contributed by atoms with Crippen molar-refractivity contribution in [2.45, 2.75) is 17.5 Å². The molecule has 7 nitrogen and oxygen atoms in total. The van der Waals surface area contributed by atoms with Crippen molar-refractivity contribution in [2.24, 2.45) is 0 Å². The number of carbonyl (C=O) groups is 2. The molecule has 0 aromatic heterocycles. The predicted octanol–water partition coefficient (Wildman–Crippen LogP) is 1.08. The Morgan fingerprint density at radius 3 is 2.31 bits per heavy atom. The van der Waals surface area contributed by atoms with Crippen molar-refractivity contribution in [2.75, 3.05) is 34.2 Å². The first-order valence-corrected chi connectivity index (χ1v) is 8.90. The van der Waals surface area contributed by atoms with E-state index >= 15 is 0 Å². The number of rotatable bonds is 7. The maximum absolute atomic E-state index is 12.1. The highest BCUT2D eigenvalue weighted by atomic mass is 32.2. The van der Waals surface area contributed by atoms with Crippen molar-refractivity contribution in [1.82, 2.24) is 14.5 Å². The molecule has 11 heteroatoms. The number of halogens is 3. The Kier molecular flexibility index (Phi) is 7.16. The van der Waals surface area contributed by atoms with Crippen LogP contribution in [0, 0.1) is 0 Å². The SMILES string of the molecule is CN(CCC(F)(F)F)C(=O)CNC(=O)c1cccc(S(=O)(=O)N(C)C)c1. The van der Waals surface area contributed by atoms with E-state index in [-0.39, 0.29) is 10.5 Å². The molecule has 0 unspecified atom stereocenters. The molecule has 1 N–H and O–H groups in total. The summed E-state index contributed by atoms with van der Waals surface area (Å²) >= 11 is 0. The molecule has 26 heavy (non-hydrogen) atoms. The first-order chi connectivity index (χ1) is 11.8. The summed E-state index contributed by atoms with van der Waals surface area (Å²) in [6.07, 6.45) is -5.52. The van der Waals surface area contributed by atoms with Gasteiger partial charge in [-0.25, -0.2) is 12.7 Å². The molecule has 0 heterocycles. The largest absolute Gasteiger partial charge is 0.390 e. The lowest BCUT2D eigenvalue weighted by Crippen LogP contribution is -2.39. The van der Waals surface area contributed by atoms with Crippen LogP contribution in [0.1, 0.15) is 16.8 Å². The molecule has 1 aromatic carbocycles. The van der Waals surface area contributed by atoms with Gasteiger partial charge in [-0.1, -0.05) is 6.07 Å². The molecule has 1 aromatic rings. The summed E-state index contributed by atoms with van der Waals surface area (Å²) in [4.78, 5) is 24.6. The van der Waals surface area contributed by atoms with Crippen LogP contribution in [0.5, 0.6) is 0 Å². The third-order valence-corrected chi connectivity index (χ3v) is 5.24. The minimum atomic E-state index is -4.38. The van der Waals surface area contributed by atoms with E-state index in [0.717, 1.165) is 15.3 Å². The van der Waals surface area contributed by atoms with Crippen LogP contribution in [-0.2, 0) is 14.8 Å². The Labute approximate surface area is 149 Å². The van der Waals surface area contributed by atoms with Gasteiger partial charge in [0.15, 0.2) is 0 Å². The molecule has 0 aliphatic rings. The molecule has 0 atom stereocenters. The number of likely N-dealkylation sites (N-methyl/N-ethyl adjacent to an activating group) is 1. The number of nitrogens with zero attached hydrogens (tertiary/aromatic N) is 2. The van der Waals surface area contributed by atoms with Gasteiger partial charge in [-0.2, -0.15) is 13.2 Å². The van der Waals surface area contributed by atoms with Crippen LogP contribution >= 0.6 is 0 Å².